The SMILES string of the molecule is O=C1NC(=O)[C@@H](CCC(=O)OCC(=O)N(C2CCCCC2)C2CCCCC2)N1. The lowest BCUT2D eigenvalue weighted by Gasteiger charge is -2.41. The van der Waals surface area contributed by atoms with Gasteiger partial charge in [0.1, 0.15) is 6.04 Å². The average Bonchev–Trinajstić information content (AvgIpc) is 3.03. The standard InChI is InChI=1S/C20H31N3O5/c24-17(13-28-18(25)12-11-16-19(26)22-20(27)21-16)23(14-7-3-1-4-8-14)15-9-5-2-6-10-15/h14-16H,1-13H2,(H2,21,22,26,27)/t16-/m1/s1. The summed E-state index contributed by atoms with van der Waals surface area (Å²) < 4.78 is 5.21. The summed E-state index contributed by atoms with van der Waals surface area (Å²) in [6, 6.07) is -0.730. The number of imide groups is 1. The van der Waals surface area contributed by atoms with Crippen LogP contribution in [0, 0.1) is 0 Å². The first-order chi connectivity index (χ1) is 13.5. The summed E-state index contributed by atoms with van der Waals surface area (Å²) in [5, 5.41) is 4.57. The predicted molar refractivity (Wildman–Crippen MR) is 101 cm³/mol. The summed E-state index contributed by atoms with van der Waals surface area (Å²) in [5.41, 5.74) is 0. The zero-order valence-electron chi connectivity index (χ0n) is 16.4. The smallest absolute Gasteiger partial charge is 0.322 e. The number of esters is 1. The highest BCUT2D eigenvalue weighted by Gasteiger charge is 2.33. The van der Waals surface area contributed by atoms with E-state index in [4.69, 9.17) is 4.74 Å². The maximum atomic E-state index is 12.9. The third-order valence-electron chi connectivity index (χ3n) is 6.08. The number of hydrogen-bond donors (Lipinski definition) is 2. The molecule has 4 amide bonds. The quantitative estimate of drug-likeness (QED) is 0.508. The molecule has 1 heterocycles. The second-order valence-electron chi connectivity index (χ2n) is 8.10. The Morgan fingerprint density at radius 3 is 2.00 bits per heavy atom. The van der Waals surface area contributed by atoms with Crippen LogP contribution in [0.15, 0.2) is 0 Å². The average molecular weight is 393 g/mol. The molecule has 1 saturated heterocycles. The minimum absolute atomic E-state index is 0.0154. The molecule has 28 heavy (non-hydrogen) atoms. The van der Waals surface area contributed by atoms with Crippen molar-refractivity contribution >= 4 is 23.8 Å². The highest BCUT2D eigenvalue weighted by molar-refractivity contribution is 6.04. The van der Waals surface area contributed by atoms with Gasteiger partial charge >= 0.3 is 12.0 Å². The Morgan fingerprint density at radius 1 is 0.929 bits per heavy atom. The number of hydrogen-bond acceptors (Lipinski definition) is 5. The third-order valence-corrected chi connectivity index (χ3v) is 6.08. The molecule has 3 fully saturated rings. The summed E-state index contributed by atoms with van der Waals surface area (Å²) >= 11 is 0. The Labute approximate surface area is 165 Å². The summed E-state index contributed by atoms with van der Waals surface area (Å²) in [6.45, 7) is -0.241. The zero-order chi connectivity index (χ0) is 19.9. The van der Waals surface area contributed by atoms with Crippen molar-refractivity contribution in [2.45, 2.75) is 95.2 Å². The lowest BCUT2D eigenvalue weighted by Crippen LogP contribution is -2.50. The molecule has 8 heteroatoms. The van der Waals surface area contributed by atoms with Crippen LogP contribution in [0.1, 0.15) is 77.0 Å². The molecule has 2 aliphatic carbocycles. The summed E-state index contributed by atoms with van der Waals surface area (Å²) in [7, 11) is 0. The molecule has 1 atom stereocenters. The zero-order valence-corrected chi connectivity index (χ0v) is 16.4. The number of nitrogens with zero attached hydrogens (tertiary/aromatic N) is 1. The summed E-state index contributed by atoms with van der Waals surface area (Å²) in [4.78, 5) is 49.6. The van der Waals surface area contributed by atoms with Crippen LogP contribution in [0.25, 0.3) is 0 Å². The monoisotopic (exact) mass is 393 g/mol. The molecular formula is C20H31N3O5. The van der Waals surface area contributed by atoms with Crippen molar-refractivity contribution in [2.75, 3.05) is 6.61 Å². The molecule has 0 aromatic rings. The first kappa shape index (κ1) is 20.6. The molecule has 8 nitrogen and oxygen atoms in total. The normalized spacial score (nSPS) is 23.8. The lowest BCUT2D eigenvalue weighted by molar-refractivity contribution is -0.155. The number of urea groups is 1. The maximum absolute atomic E-state index is 12.9. The van der Waals surface area contributed by atoms with E-state index in [1.165, 1.54) is 12.8 Å². The molecule has 0 spiro atoms. The number of carbonyl (C=O) groups is 4. The van der Waals surface area contributed by atoms with Crippen molar-refractivity contribution in [1.82, 2.24) is 15.5 Å². The Morgan fingerprint density at radius 2 is 1.50 bits per heavy atom. The van der Waals surface area contributed by atoms with Crippen molar-refractivity contribution in [3.05, 3.63) is 0 Å². The Kier molecular flexibility index (Phi) is 7.28. The molecule has 156 valence electrons. The second kappa shape index (κ2) is 9.89. The fraction of sp³-hybridized carbons (Fsp3) is 0.800. The van der Waals surface area contributed by atoms with E-state index in [0.717, 1.165) is 51.4 Å². The molecule has 1 aliphatic heterocycles. The van der Waals surface area contributed by atoms with Gasteiger partial charge in [0.2, 0.25) is 0 Å². The number of ether oxygens (including phenoxy) is 1. The van der Waals surface area contributed by atoms with E-state index in [-0.39, 0.29) is 37.4 Å². The van der Waals surface area contributed by atoms with Gasteiger partial charge in [-0.05, 0) is 32.1 Å². The van der Waals surface area contributed by atoms with E-state index < -0.39 is 23.9 Å². The van der Waals surface area contributed by atoms with Crippen molar-refractivity contribution in [3.63, 3.8) is 0 Å². The Hall–Kier alpha value is -2.12. The van der Waals surface area contributed by atoms with Crippen LogP contribution in [0.5, 0.6) is 0 Å². The van der Waals surface area contributed by atoms with Gasteiger partial charge in [-0.15, -0.1) is 0 Å². The van der Waals surface area contributed by atoms with E-state index >= 15 is 0 Å². The minimum Gasteiger partial charge on any atom is -0.456 e. The van der Waals surface area contributed by atoms with Crippen LogP contribution in [0.4, 0.5) is 4.79 Å². The second-order valence-corrected chi connectivity index (χ2v) is 8.10. The minimum atomic E-state index is -0.711. The molecule has 2 N–H and O–H groups in total. The van der Waals surface area contributed by atoms with Crippen LogP contribution in [-0.4, -0.2) is 53.4 Å². The molecule has 2 saturated carbocycles. The fourth-order valence-corrected chi connectivity index (χ4v) is 4.64. The van der Waals surface area contributed by atoms with Gasteiger partial charge < -0.3 is 15.0 Å². The first-order valence-corrected chi connectivity index (χ1v) is 10.6. The molecular weight excluding hydrogens is 362 g/mol. The van der Waals surface area contributed by atoms with Gasteiger partial charge in [-0.2, -0.15) is 0 Å². The molecule has 0 bridgehead atoms. The molecule has 3 aliphatic rings. The van der Waals surface area contributed by atoms with E-state index in [2.05, 4.69) is 10.6 Å². The topological polar surface area (TPSA) is 105 Å². The van der Waals surface area contributed by atoms with Gasteiger partial charge in [0.15, 0.2) is 6.61 Å². The van der Waals surface area contributed by atoms with Crippen molar-refractivity contribution in [3.8, 4) is 0 Å². The molecule has 0 radical (unpaired) electrons. The summed E-state index contributed by atoms with van der Waals surface area (Å²) in [5.74, 6) is -1.05. The van der Waals surface area contributed by atoms with Crippen LogP contribution >= 0.6 is 0 Å². The van der Waals surface area contributed by atoms with Crippen LogP contribution < -0.4 is 10.6 Å². The van der Waals surface area contributed by atoms with Crippen molar-refractivity contribution < 1.29 is 23.9 Å². The number of nitrogens with one attached hydrogen (secondary N) is 2. The van der Waals surface area contributed by atoms with Crippen LogP contribution in [-0.2, 0) is 19.1 Å². The number of rotatable bonds is 7. The summed E-state index contributed by atoms with van der Waals surface area (Å²) in [6.07, 6.45) is 11.3. The predicted octanol–water partition coefficient (Wildman–Crippen LogP) is 2.01. The number of carbonyl (C=O) groups excluding carboxylic acids is 4. The highest BCUT2D eigenvalue weighted by atomic mass is 16.5. The van der Waals surface area contributed by atoms with Gasteiger partial charge in [0.05, 0.1) is 0 Å². The Bertz CT molecular complexity index is 579. The largest absolute Gasteiger partial charge is 0.456 e. The van der Waals surface area contributed by atoms with E-state index in [9.17, 15) is 19.2 Å². The van der Waals surface area contributed by atoms with E-state index in [1.807, 2.05) is 4.90 Å². The molecule has 0 aromatic heterocycles. The van der Waals surface area contributed by atoms with Gasteiger partial charge in [0, 0.05) is 18.5 Å². The van der Waals surface area contributed by atoms with Gasteiger partial charge in [-0.1, -0.05) is 38.5 Å². The van der Waals surface area contributed by atoms with Gasteiger partial charge in [-0.25, -0.2) is 4.79 Å². The maximum Gasteiger partial charge on any atom is 0.322 e. The number of amides is 4. The lowest BCUT2D eigenvalue weighted by atomic mass is 9.88. The van der Waals surface area contributed by atoms with Crippen molar-refractivity contribution in [2.24, 2.45) is 0 Å². The van der Waals surface area contributed by atoms with E-state index in [1.54, 1.807) is 0 Å². The van der Waals surface area contributed by atoms with Crippen molar-refractivity contribution in [1.29, 1.82) is 0 Å². The first-order valence-electron chi connectivity index (χ1n) is 10.6. The molecule has 3 rings (SSSR count). The molecule has 0 unspecified atom stereocenters. The fourth-order valence-electron chi connectivity index (χ4n) is 4.64. The molecule has 0 aromatic carbocycles. The van der Waals surface area contributed by atoms with Crippen LogP contribution in [0.2, 0.25) is 0 Å². The van der Waals surface area contributed by atoms with E-state index in [0.29, 0.717) is 0 Å². The van der Waals surface area contributed by atoms with Gasteiger partial charge in [0.25, 0.3) is 11.8 Å². The Balaban J connectivity index is 1.48. The third kappa shape index (κ3) is 5.45. The van der Waals surface area contributed by atoms with Gasteiger partial charge in [-0.3, -0.25) is 19.7 Å². The highest BCUT2D eigenvalue weighted by Crippen LogP contribution is 2.30. The van der Waals surface area contributed by atoms with Crippen LogP contribution in [0.3, 0.4) is 0 Å².